The van der Waals surface area contributed by atoms with E-state index in [1.165, 1.54) is 51.9 Å². The summed E-state index contributed by atoms with van der Waals surface area (Å²) >= 11 is 0. The standard InChI is InChI=1S/C16H32N4/c1-13-10-20(11-14(2)18(13)3)16(12-17)7-9-19-8-5-4-6-15(16)19/h13-15H,4-12,17H2,1-3H3. The molecule has 4 heteroatoms. The van der Waals surface area contributed by atoms with Crippen LogP contribution in [0.1, 0.15) is 39.5 Å². The van der Waals surface area contributed by atoms with Crippen LogP contribution in [-0.4, -0.2) is 78.1 Å². The minimum Gasteiger partial charge on any atom is -0.329 e. The van der Waals surface area contributed by atoms with E-state index in [-0.39, 0.29) is 5.54 Å². The van der Waals surface area contributed by atoms with Crippen molar-refractivity contribution in [2.24, 2.45) is 5.73 Å². The van der Waals surface area contributed by atoms with E-state index in [9.17, 15) is 0 Å². The second-order valence-corrected chi connectivity index (χ2v) is 7.37. The van der Waals surface area contributed by atoms with E-state index in [0.717, 1.165) is 6.54 Å². The smallest absolute Gasteiger partial charge is 0.0500 e. The maximum Gasteiger partial charge on any atom is 0.0500 e. The summed E-state index contributed by atoms with van der Waals surface area (Å²) in [5.74, 6) is 0. The number of piperidine rings is 1. The average Bonchev–Trinajstić information content (AvgIpc) is 2.84. The fraction of sp³-hybridized carbons (Fsp3) is 1.00. The number of likely N-dealkylation sites (N-methyl/N-ethyl adjacent to an activating group) is 1. The summed E-state index contributed by atoms with van der Waals surface area (Å²) in [5.41, 5.74) is 6.60. The van der Waals surface area contributed by atoms with Gasteiger partial charge in [-0.1, -0.05) is 6.42 Å². The van der Waals surface area contributed by atoms with Gasteiger partial charge in [0.1, 0.15) is 0 Å². The molecule has 4 nitrogen and oxygen atoms in total. The second kappa shape index (κ2) is 5.56. The summed E-state index contributed by atoms with van der Waals surface area (Å²) in [6.07, 6.45) is 5.40. The van der Waals surface area contributed by atoms with Gasteiger partial charge in [-0.25, -0.2) is 0 Å². The van der Waals surface area contributed by atoms with Crippen LogP contribution in [-0.2, 0) is 0 Å². The van der Waals surface area contributed by atoms with Gasteiger partial charge >= 0.3 is 0 Å². The van der Waals surface area contributed by atoms with Crippen molar-refractivity contribution >= 4 is 0 Å². The molecule has 3 aliphatic heterocycles. The molecular formula is C16H32N4. The van der Waals surface area contributed by atoms with Crippen molar-refractivity contribution < 1.29 is 0 Å². The summed E-state index contributed by atoms with van der Waals surface area (Å²) in [4.78, 5) is 8.01. The summed E-state index contributed by atoms with van der Waals surface area (Å²) in [6.45, 7) is 10.5. The van der Waals surface area contributed by atoms with Crippen LogP contribution >= 0.6 is 0 Å². The third-order valence-corrected chi connectivity index (χ3v) is 6.41. The molecular weight excluding hydrogens is 248 g/mol. The fourth-order valence-electron chi connectivity index (χ4n) is 4.88. The number of fused-ring (bicyclic) bond motifs is 1. The molecule has 3 aliphatic rings. The normalized spacial score (nSPS) is 44.7. The van der Waals surface area contributed by atoms with E-state index in [4.69, 9.17) is 5.73 Å². The molecule has 0 aromatic rings. The molecule has 0 aromatic heterocycles. The first kappa shape index (κ1) is 14.8. The molecule has 0 radical (unpaired) electrons. The van der Waals surface area contributed by atoms with Crippen molar-refractivity contribution in [3.63, 3.8) is 0 Å². The largest absolute Gasteiger partial charge is 0.329 e. The van der Waals surface area contributed by atoms with Crippen molar-refractivity contribution in [2.75, 3.05) is 39.8 Å². The third kappa shape index (κ3) is 2.21. The van der Waals surface area contributed by atoms with Crippen molar-refractivity contribution in [3.05, 3.63) is 0 Å². The zero-order chi connectivity index (χ0) is 14.3. The van der Waals surface area contributed by atoms with Gasteiger partial charge in [0.25, 0.3) is 0 Å². The number of nitrogens with two attached hydrogens (primary N) is 1. The lowest BCUT2D eigenvalue weighted by molar-refractivity contribution is -0.0312. The van der Waals surface area contributed by atoms with Gasteiger partial charge in [0.05, 0.1) is 0 Å². The molecule has 3 saturated heterocycles. The first-order chi connectivity index (χ1) is 9.58. The lowest BCUT2D eigenvalue weighted by Crippen LogP contribution is -2.68. The summed E-state index contributed by atoms with van der Waals surface area (Å²) in [7, 11) is 2.27. The topological polar surface area (TPSA) is 35.7 Å². The van der Waals surface area contributed by atoms with Crippen LogP contribution in [0.4, 0.5) is 0 Å². The van der Waals surface area contributed by atoms with Crippen LogP contribution in [0.3, 0.4) is 0 Å². The molecule has 3 heterocycles. The Morgan fingerprint density at radius 3 is 2.45 bits per heavy atom. The minimum atomic E-state index is 0.254. The van der Waals surface area contributed by atoms with E-state index in [2.05, 4.69) is 35.6 Å². The first-order valence-corrected chi connectivity index (χ1v) is 8.49. The van der Waals surface area contributed by atoms with Crippen molar-refractivity contribution in [2.45, 2.75) is 63.2 Å². The molecule has 0 saturated carbocycles. The Morgan fingerprint density at radius 1 is 1.10 bits per heavy atom. The molecule has 0 aromatic carbocycles. The van der Waals surface area contributed by atoms with Gasteiger partial charge in [0, 0.05) is 49.8 Å². The quantitative estimate of drug-likeness (QED) is 0.817. The summed E-state index contributed by atoms with van der Waals surface area (Å²) < 4.78 is 0. The van der Waals surface area contributed by atoms with E-state index < -0.39 is 0 Å². The van der Waals surface area contributed by atoms with Crippen molar-refractivity contribution in [1.29, 1.82) is 0 Å². The Balaban J connectivity index is 1.82. The first-order valence-electron chi connectivity index (χ1n) is 8.49. The zero-order valence-electron chi connectivity index (χ0n) is 13.5. The highest BCUT2D eigenvalue weighted by atomic mass is 15.4. The molecule has 2 N–H and O–H groups in total. The van der Waals surface area contributed by atoms with Crippen LogP contribution in [0.5, 0.6) is 0 Å². The molecule has 4 atom stereocenters. The van der Waals surface area contributed by atoms with E-state index in [1.54, 1.807) is 0 Å². The Kier molecular flexibility index (Phi) is 4.10. The molecule has 116 valence electrons. The Labute approximate surface area is 124 Å². The predicted octanol–water partition coefficient (Wildman–Crippen LogP) is 0.967. The van der Waals surface area contributed by atoms with Gasteiger partial charge in [0.2, 0.25) is 0 Å². The second-order valence-electron chi connectivity index (χ2n) is 7.37. The zero-order valence-corrected chi connectivity index (χ0v) is 13.5. The molecule has 0 spiro atoms. The molecule has 0 aliphatic carbocycles. The van der Waals surface area contributed by atoms with Crippen LogP contribution in [0, 0.1) is 0 Å². The maximum atomic E-state index is 6.35. The van der Waals surface area contributed by atoms with Gasteiger partial charge in [-0.15, -0.1) is 0 Å². The lowest BCUT2D eigenvalue weighted by atomic mass is 9.82. The van der Waals surface area contributed by atoms with Crippen LogP contribution in [0.15, 0.2) is 0 Å². The highest BCUT2D eigenvalue weighted by molar-refractivity contribution is 5.10. The molecule has 4 unspecified atom stereocenters. The summed E-state index contributed by atoms with van der Waals surface area (Å²) in [5, 5.41) is 0. The molecule has 0 bridgehead atoms. The Morgan fingerprint density at radius 2 is 1.80 bits per heavy atom. The monoisotopic (exact) mass is 280 g/mol. The molecule has 0 amide bonds. The number of rotatable bonds is 2. The Bertz CT molecular complexity index is 335. The van der Waals surface area contributed by atoms with Gasteiger partial charge in [-0.3, -0.25) is 14.7 Å². The van der Waals surface area contributed by atoms with Gasteiger partial charge in [-0.2, -0.15) is 0 Å². The molecule has 3 rings (SSSR count). The van der Waals surface area contributed by atoms with Gasteiger partial charge < -0.3 is 5.73 Å². The van der Waals surface area contributed by atoms with Gasteiger partial charge in [-0.05, 0) is 46.7 Å². The van der Waals surface area contributed by atoms with E-state index >= 15 is 0 Å². The molecule has 20 heavy (non-hydrogen) atoms. The van der Waals surface area contributed by atoms with Gasteiger partial charge in [0.15, 0.2) is 0 Å². The van der Waals surface area contributed by atoms with Crippen LogP contribution < -0.4 is 5.73 Å². The summed E-state index contributed by atoms with van der Waals surface area (Å²) in [6, 6.07) is 1.99. The number of hydrogen-bond donors (Lipinski definition) is 1. The predicted molar refractivity (Wildman–Crippen MR) is 83.9 cm³/mol. The SMILES string of the molecule is CC1CN(C2(CN)CCN3CCCCC32)CC(C)N1C. The Hall–Kier alpha value is -0.160. The number of piperazine rings is 1. The van der Waals surface area contributed by atoms with Crippen molar-refractivity contribution in [3.8, 4) is 0 Å². The average molecular weight is 280 g/mol. The maximum absolute atomic E-state index is 6.35. The highest BCUT2D eigenvalue weighted by Crippen LogP contribution is 2.40. The van der Waals surface area contributed by atoms with E-state index in [1.807, 2.05) is 0 Å². The third-order valence-electron chi connectivity index (χ3n) is 6.41. The lowest BCUT2D eigenvalue weighted by Gasteiger charge is -2.53. The minimum absolute atomic E-state index is 0.254. The van der Waals surface area contributed by atoms with Crippen LogP contribution in [0.25, 0.3) is 0 Å². The van der Waals surface area contributed by atoms with Crippen molar-refractivity contribution in [1.82, 2.24) is 14.7 Å². The van der Waals surface area contributed by atoms with E-state index in [0.29, 0.717) is 18.1 Å². The number of hydrogen-bond acceptors (Lipinski definition) is 4. The fourth-order valence-corrected chi connectivity index (χ4v) is 4.88. The molecule has 3 fully saturated rings. The van der Waals surface area contributed by atoms with Crippen LogP contribution in [0.2, 0.25) is 0 Å². The highest BCUT2D eigenvalue weighted by Gasteiger charge is 2.52. The number of nitrogens with zero attached hydrogens (tertiary/aromatic N) is 3.